The summed E-state index contributed by atoms with van der Waals surface area (Å²) in [5, 5.41) is 0. The molecule has 2 aliphatic heterocycles. The van der Waals surface area contributed by atoms with Crippen LogP contribution in [-0.2, 0) is 30.5 Å². The van der Waals surface area contributed by atoms with Gasteiger partial charge in [0, 0.05) is 38.3 Å². The molecule has 1 amide bonds. The number of nitrogens with zero attached hydrogens (tertiary/aromatic N) is 3. The SMILES string of the molecule is CN1CCC(N(Cc2ccccc2C(F)(F)F)C(=O)C=Cc2cccc3c2CCN(CC2CC2)C3)CC1. The minimum absolute atomic E-state index is 0.0454. The van der Waals surface area contributed by atoms with Crippen LogP contribution in [0.5, 0.6) is 0 Å². The normalized spacial score (nSPS) is 19.8. The molecule has 2 fully saturated rings. The summed E-state index contributed by atoms with van der Waals surface area (Å²) < 4.78 is 41.1. The van der Waals surface area contributed by atoms with E-state index in [9.17, 15) is 18.0 Å². The van der Waals surface area contributed by atoms with Crippen LogP contribution in [0.3, 0.4) is 0 Å². The minimum atomic E-state index is -4.45. The number of hydrogen-bond acceptors (Lipinski definition) is 3. The van der Waals surface area contributed by atoms with Crippen LogP contribution in [-0.4, -0.2) is 59.9 Å². The molecule has 37 heavy (non-hydrogen) atoms. The van der Waals surface area contributed by atoms with Gasteiger partial charge in [0.05, 0.1) is 5.56 Å². The van der Waals surface area contributed by atoms with E-state index in [1.807, 2.05) is 25.3 Å². The smallest absolute Gasteiger partial charge is 0.332 e. The molecule has 198 valence electrons. The third-order valence-electron chi connectivity index (χ3n) is 8.08. The number of carbonyl (C=O) groups is 1. The summed E-state index contributed by atoms with van der Waals surface area (Å²) in [6, 6.07) is 11.8. The lowest BCUT2D eigenvalue weighted by molar-refractivity contribution is -0.139. The molecule has 3 aliphatic rings. The molecule has 0 bridgehead atoms. The average molecular weight is 512 g/mol. The topological polar surface area (TPSA) is 26.8 Å². The van der Waals surface area contributed by atoms with Crippen LogP contribution in [0.4, 0.5) is 13.2 Å². The van der Waals surface area contributed by atoms with E-state index in [2.05, 4.69) is 15.9 Å². The molecule has 1 aliphatic carbocycles. The Morgan fingerprint density at radius 2 is 1.78 bits per heavy atom. The van der Waals surface area contributed by atoms with E-state index in [0.717, 1.165) is 63.0 Å². The summed E-state index contributed by atoms with van der Waals surface area (Å²) in [4.78, 5) is 19.9. The van der Waals surface area contributed by atoms with Crippen LogP contribution in [0.15, 0.2) is 48.5 Å². The number of likely N-dealkylation sites (tertiary alicyclic amines) is 1. The molecule has 2 aromatic rings. The zero-order valence-electron chi connectivity index (χ0n) is 21.5. The fourth-order valence-electron chi connectivity index (χ4n) is 5.74. The van der Waals surface area contributed by atoms with Gasteiger partial charge in [-0.05, 0) is 92.6 Å². The standard InChI is InChI=1S/C30H36F3N3O/c1-34-16-13-26(14-17-34)36(21-25-5-2-3-8-28(25)30(31,32)33)29(37)12-11-23-6-4-7-24-20-35(18-15-27(23)24)19-22-9-10-22/h2-8,11-12,22,26H,9-10,13-21H2,1H3. The number of halogens is 3. The van der Waals surface area contributed by atoms with Gasteiger partial charge in [-0.1, -0.05) is 36.4 Å². The molecule has 0 unspecified atom stereocenters. The molecule has 1 saturated carbocycles. The lowest BCUT2D eigenvalue weighted by Crippen LogP contribution is -2.45. The second kappa shape index (κ2) is 11.0. The number of piperidine rings is 1. The van der Waals surface area contributed by atoms with Gasteiger partial charge in [-0.2, -0.15) is 13.2 Å². The van der Waals surface area contributed by atoms with Crippen molar-refractivity contribution in [2.24, 2.45) is 5.92 Å². The fraction of sp³-hybridized carbons (Fsp3) is 0.500. The van der Waals surface area contributed by atoms with E-state index in [1.54, 1.807) is 17.0 Å². The Bertz CT molecular complexity index is 1130. The quantitative estimate of drug-likeness (QED) is 0.452. The lowest BCUT2D eigenvalue weighted by atomic mass is 9.94. The highest BCUT2D eigenvalue weighted by atomic mass is 19.4. The highest BCUT2D eigenvalue weighted by molar-refractivity contribution is 5.92. The highest BCUT2D eigenvalue weighted by Gasteiger charge is 2.35. The molecule has 1 saturated heterocycles. The molecule has 7 heteroatoms. The first-order valence-electron chi connectivity index (χ1n) is 13.4. The van der Waals surface area contributed by atoms with Crippen molar-refractivity contribution in [3.63, 3.8) is 0 Å². The van der Waals surface area contributed by atoms with Crippen molar-refractivity contribution in [1.29, 1.82) is 0 Å². The van der Waals surface area contributed by atoms with E-state index >= 15 is 0 Å². The van der Waals surface area contributed by atoms with Crippen molar-refractivity contribution in [2.45, 2.75) is 57.4 Å². The summed E-state index contributed by atoms with van der Waals surface area (Å²) in [5.74, 6) is 0.630. The van der Waals surface area contributed by atoms with Crippen molar-refractivity contribution >= 4 is 12.0 Å². The van der Waals surface area contributed by atoms with Gasteiger partial charge in [0.15, 0.2) is 0 Å². The van der Waals surface area contributed by atoms with Gasteiger partial charge in [-0.3, -0.25) is 9.69 Å². The Balaban J connectivity index is 1.36. The first-order chi connectivity index (χ1) is 17.8. The molecule has 0 N–H and O–H groups in total. The highest BCUT2D eigenvalue weighted by Crippen LogP contribution is 2.34. The summed E-state index contributed by atoms with van der Waals surface area (Å²) in [6.45, 7) is 4.74. The summed E-state index contributed by atoms with van der Waals surface area (Å²) in [7, 11) is 2.03. The Morgan fingerprint density at radius 3 is 2.51 bits per heavy atom. The van der Waals surface area contributed by atoms with Gasteiger partial charge in [0.1, 0.15) is 0 Å². The van der Waals surface area contributed by atoms with Crippen molar-refractivity contribution in [3.05, 3.63) is 76.4 Å². The van der Waals surface area contributed by atoms with Crippen LogP contribution in [0.25, 0.3) is 6.08 Å². The minimum Gasteiger partial charge on any atom is -0.332 e. The second-order valence-corrected chi connectivity index (χ2v) is 10.9. The van der Waals surface area contributed by atoms with Crippen LogP contribution in [0.1, 0.15) is 53.5 Å². The van der Waals surface area contributed by atoms with E-state index in [0.29, 0.717) is 0 Å². The Labute approximate surface area is 217 Å². The number of benzene rings is 2. The van der Waals surface area contributed by atoms with Crippen molar-refractivity contribution in [2.75, 3.05) is 33.2 Å². The van der Waals surface area contributed by atoms with Crippen LogP contribution in [0, 0.1) is 5.92 Å². The van der Waals surface area contributed by atoms with Crippen molar-refractivity contribution in [1.82, 2.24) is 14.7 Å². The molecule has 5 rings (SSSR count). The van der Waals surface area contributed by atoms with Crippen molar-refractivity contribution in [3.8, 4) is 0 Å². The predicted molar refractivity (Wildman–Crippen MR) is 140 cm³/mol. The number of alkyl halides is 3. The van der Waals surface area contributed by atoms with Crippen LogP contribution < -0.4 is 0 Å². The van der Waals surface area contributed by atoms with Crippen LogP contribution in [0.2, 0.25) is 0 Å². The number of amides is 1. The summed E-state index contributed by atoms with van der Waals surface area (Å²) >= 11 is 0. The maximum atomic E-state index is 13.7. The number of rotatable bonds is 7. The third kappa shape index (κ3) is 6.44. The van der Waals surface area contributed by atoms with Gasteiger partial charge in [0.25, 0.3) is 0 Å². The molecule has 0 aromatic heterocycles. The molecule has 2 aromatic carbocycles. The molecule has 4 nitrogen and oxygen atoms in total. The zero-order chi connectivity index (χ0) is 26.0. The first kappa shape index (κ1) is 26.0. The maximum Gasteiger partial charge on any atom is 0.416 e. The first-order valence-corrected chi connectivity index (χ1v) is 13.4. The molecule has 0 radical (unpaired) electrons. The van der Waals surface area contributed by atoms with Gasteiger partial charge in [-0.25, -0.2) is 0 Å². The Morgan fingerprint density at radius 1 is 1.03 bits per heavy atom. The predicted octanol–water partition coefficient (Wildman–Crippen LogP) is 5.61. The number of carbonyl (C=O) groups excluding carboxylic acids is 1. The fourth-order valence-corrected chi connectivity index (χ4v) is 5.74. The van der Waals surface area contributed by atoms with Gasteiger partial charge >= 0.3 is 6.18 Å². The van der Waals surface area contributed by atoms with Crippen molar-refractivity contribution < 1.29 is 18.0 Å². The van der Waals surface area contributed by atoms with E-state index in [-0.39, 0.29) is 24.1 Å². The number of hydrogen-bond donors (Lipinski definition) is 0. The monoisotopic (exact) mass is 511 g/mol. The second-order valence-electron chi connectivity index (χ2n) is 10.9. The number of fused-ring (bicyclic) bond motifs is 1. The molecule has 0 atom stereocenters. The largest absolute Gasteiger partial charge is 0.416 e. The molecule has 0 spiro atoms. The zero-order valence-corrected chi connectivity index (χ0v) is 21.5. The van der Waals surface area contributed by atoms with Gasteiger partial charge in [-0.15, -0.1) is 0 Å². The van der Waals surface area contributed by atoms with E-state index < -0.39 is 11.7 Å². The molecular weight excluding hydrogens is 475 g/mol. The van der Waals surface area contributed by atoms with Crippen LogP contribution >= 0.6 is 0 Å². The summed E-state index contributed by atoms with van der Waals surface area (Å²) in [5.41, 5.74) is 3.11. The summed E-state index contributed by atoms with van der Waals surface area (Å²) in [6.07, 6.45) is 4.13. The maximum absolute atomic E-state index is 13.7. The molecule has 2 heterocycles. The third-order valence-corrected chi connectivity index (χ3v) is 8.08. The Hall–Kier alpha value is -2.64. The van der Waals surface area contributed by atoms with Gasteiger partial charge in [0.2, 0.25) is 5.91 Å². The Kier molecular flexibility index (Phi) is 7.72. The van der Waals surface area contributed by atoms with Gasteiger partial charge < -0.3 is 9.80 Å². The van der Waals surface area contributed by atoms with E-state index in [4.69, 9.17) is 0 Å². The molecular formula is C30H36F3N3O. The van der Waals surface area contributed by atoms with E-state index in [1.165, 1.54) is 42.6 Å². The average Bonchev–Trinajstić information content (AvgIpc) is 3.70. The lowest BCUT2D eigenvalue weighted by Gasteiger charge is -2.37.